The topological polar surface area (TPSA) is 49.6 Å². The number of pyridine rings is 1. The fourth-order valence-corrected chi connectivity index (χ4v) is 3.08. The third-order valence-electron chi connectivity index (χ3n) is 4.43. The van der Waals surface area contributed by atoms with Crippen molar-refractivity contribution < 1.29 is 9.21 Å². The van der Waals surface area contributed by atoms with Crippen LogP contribution < -0.4 is 4.90 Å². The molecular formula is C19H19N3O2. The molecule has 24 heavy (non-hydrogen) atoms. The van der Waals surface area contributed by atoms with Crippen molar-refractivity contribution in [2.75, 3.05) is 31.1 Å². The summed E-state index contributed by atoms with van der Waals surface area (Å²) in [5, 5.41) is 0.969. The van der Waals surface area contributed by atoms with Crippen LogP contribution in [0.1, 0.15) is 16.1 Å². The van der Waals surface area contributed by atoms with Crippen LogP contribution in [0.3, 0.4) is 0 Å². The molecule has 3 aromatic rings. The van der Waals surface area contributed by atoms with Gasteiger partial charge in [-0.05, 0) is 36.8 Å². The summed E-state index contributed by atoms with van der Waals surface area (Å²) < 4.78 is 5.76. The Morgan fingerprint density at radius 1 is 1.08 bits per heavy atom. The predicted octanol–water partition coefficient (Wildman–Crippen LogP) is 3.10. The van der Waals surface area contributed by atoms with Crippen LogP contribution >= 0.6 is 0 Å². The zero-order valence-corrected chi connectivity index (χ0v) is 13.6. The number of hydrogen-bond acceptors (Lipinski definition) is 4. The molecule has 0 bridgehead atoms. The minimum Gasteiger partial charge on any atom is -0.451 e. The molecule has 0 aliphatic carbocycles. The van der Waals surface area contributed by atoms with Gasteiger partial charge in [0.15, 0.2) is 5.76 Å². The highest BCUT2D eigenvalue weighted by molar-refractivity contribution is 5.96. The van der Waals surface area contributed by atoms with Crippen molar-refractivity contribution in [3.8, 4) is 0 Å². The van der Waals surface area contributed by atoms with Crippen LogP contribution in [-0.4, -0.2) is 42.0 Å². The molecule has 1 aliphatic rings. The van der Waals surface area contributed by atoms with Crippen LogP contribution in [-0.2, 0) is 0 Å². The van der Waals surface area contributed by atoms with E-state index in [-0.39, 0.29) is 5.91 Å². The van der Waals surface area contributed by atoms with Gasteiger partial charge in [0.1, 0.15) is 11.4 Å². The summed E-state index contributed by atoms with van der Waals surface area (Å²) >= 11 is 0. The van der Waals surface area contributed by atoms with E-state index in [0.717, 1.165) is 35.4 Å². The summed E-state index contributed by atoms with van der Waals surface area (Å²) in [6.07, 6.45) is 1.79. The second-order valence-electron chi connectivity index (χ2n) is 6.12. The minimum absolute atomic E-state index is 0.0375. The smallest absolute Gasteiger partial charge is 0.289 e. The van der Waals surface area contributed by atoms with Gasteiger partial charge in [0.05, 0.1) is 0 Å². The summed E-state index contributed by atoms with van der Waals surface area (Å²) in [6.45, 7) is 4.92. The van der Waals surface area contributed by atoms with Gasteiger partial charge in [-0.2, -0.15) is 0 Å². The lowest BCUT2D eigenvalue weighted by atomic mass is 10.2. The first-order valence-electron chi connectivity index (χ1n) is 8.16. The average Bonchev–Trinajstić information content (AvgIpc) is 3.05. The van der Waals surface area contributed by atoms with Gasteiger partial charge in [0.2, 0.25) is 0 Å². The SMILES string of the molecule is Cc1ccc2cc(C(=O)N3CCN(c4ccccn4)CC3)oc2c1. The molecule has 1 saturated heterocycles. The standard InChI is InChI=1S/C19H19N3O2/c1-14-5-6-15-13-17(24-16(15)12-14)19(23)22-10-8-21(9-11-22)18-4-2-3-7-20-18/h2-7,12-13H,8-11H2,1H3. The van der Waals surface area contributed by atoms with E-state index in [4.69, 9.17) is 4.42 Å². The number of aryl methyl sites for hydroxylation is 1. The Morgan fingerprint density at radius 2 is 1.92 bits per heavy atom. The first-order valence-corrected chi connectivity index (χ1v) is 8.16. The number of furan rings is 1. The molecule has 0 unspecified atom stereocenters. The molecule has 2 aromatic heterocycles. The highest BCUT2D eigenvalue weighted by Gasteiger charge is 2.25. The normalized spacial score (nSPS) is 15.0. The van der Waals surface area contributed by atoms with Gasteiger partial charge in [0.25, 0.3) is 5.91 Å². The molecule has 1 amide bonds. The van der Waals surface area contributed by atoms with E-state index in [0.29, 0.717) is 18.8 Å². The Hall–Kier alpha value is -2.82. The molecule has 1 aliphatic heterocycles. The lowest BCUT2D eigenvalue weighted by Crippen LogP contribution is -2.49. The second kappa shape index (κ2) is 6.00. The summed E-state index contributed by atoms with van der Waals surface area (Å²) in [7, 11) is 0. The van der Waals surface area contributed by atoms with Crippen molar-refractivity contribution in [2.45, 2.75) is 6.92 Å². The van der Waals surface area contributed by atoms with Crippen molar-refractivity contribution in [3.05, 3.63) is 60.0 Å². The number of amides is 1. The van der Waals surface area contributed by atoms with E-state index in [1.807, 2.05) is 54.3 Å². The molecule has 0 radical (unpaired) electrons. The van der Waals surface area contributed by atoms with Gasteiger partial charge >= 0.3 is 0 Å². The summed E-state index contributed by atoms with van der Waals surface area (Å²) in [5.41, 5.74) is 1.89. The molecule has 5 nitrogen and oxygen atoms in total. The zero-order chi connectivity index (χ0) is 16.5. The molecular weight excluding hydrogens is 302 g/mol. The van der Waals surface area contributed by atoms with E-state index < -0.39 is 0 Å². The van der Waals surface area contributed by atoms with E-state index in [1.54, 1.807) is 6.20 Å². The second-order valence-corrected chi connectivity index (χ2v) is 6.12. The number of carbonyl (C=O) groups excluding carboxylic acids is 1. The maximum atomic E-state index is 12.7. The Kier molecular flexibility index (Phi) is 3.69. The van der Waals surface area contributed by atoms with Crippen LogP contribution in [0.15, 0.2) is 53.1 Å². The van der Waals surface area contributed by atoms with Gasteiger partial charge in [0, 0.05) is 37.8 Å². The monoisotopic (exact) mass is 321 g/mol. The fraction of sp³-hybridized carbons (Fsp3) is 0.263. The number of nitrogens with zero attached hydrogens (tertiary/aromatic N) is 3. The molecule has 3 heterocycles. The number of piperazine rings is 1. The first-order chi connectivity index (χ1) is 11.7. The number of fused-ring (bicyclic) bond motifs is 1. The fourth-order valence-electron chi connectivity index (χ4n) is 3.08. The Bertz CT molecular complexity index is 865. The quantitative estimate of drug-likeness (QED) is 0.728. The Balaban J connectivity index is 1.47. The van der Waals surface area contributed by atoms with Crippen LogP contribution in [0, 0.1) is 6.92 Å². The molecule has 1 fully saturated rings. The highest BCUT2D eigenvalue weighted by Crippen LogP contribution is 2.22. The number of benzene rings is 1. The van der Waals surface area contributed by atoms with E-state index >= 15 is 0 Å². The largest absolute Gasteiger partial charge is 0.451 e. The van der Waals surface area contributed by atoms with Gasteiger partial charge in [-0.3, -0.25) is 4.79 Å². The van der Waals surface area contributed by atoms with Crippen LogP contribution in [0.2, 0.25) is 0 Å². The lowest BCUT2D eigenvalue weighted by molar-refractivity contribution is 0.0717. The zero-order valence-electron chi connectivity index (χ0n) is 13.6. The van der Waals surface area contributed by atoms with Gasteiger partial charge in [-0.15, -0.1) is 0 Å². The number of carbonyl (C=O) groups is 1. The molecule has 0 saturated carbocycles. The van der Waals surface area contributed by atoms with Gasteiger partial charge in [-0.1, -0.05) is 18.2 Å². The number of aromatic nitrogens is 1. The summed E-state index contributed by atoms with van der Waals surface area (Å²) in [4.78, 5) is 21.1. The number of anilines is 1. The maximum Gasteiger partial charge on any atom is 0.289 e. The van der Waals surface area contributed by atoms with E-state index in [1.165, 1.54) is 0 Å². The predicted molar refractivity (Wildman–Crippen MR) is 93.3 cm³/mol. The van der Waals surface area contributed by atoms with Crippen LogP contribution in [0.25, 0.3) is 11.0 Å². The molecule has 0 spiro atoms. The lowest BCUT2D eigenvalue weighted by Gasteiger charge is -2.34. The molecule has 5 heteroatoms. The van der Waals surface area contributed by atoms with E-state index in [2.05, 4.69) is 9.88 Å². The summed E-state index contributed by atoms with van der Waals surface area (Å²) in [6, 6.07) is 13.7. The number of hydrogen-bond donors (Lipinski definition) is 0. The molecule has 1 aromatic carbocycles. The van der Waals surface area contributed by atoms with Crippen molar-refractivity contribution in [2.24, 2.45) is 0 Å². The van der Waals surface area contributed by atoms with Crippen LogP contribution in [0.5, 0.6) is 0 Å². The molecule has 0 atom stereocenters. The number of rotatable bonds is 2. The Morgan fingerprint density at radius 3 is 2.67 bits per heavy atom. The Labute approximate surface area is 140 Å². The van der Waals surface area contributed by atoms with Gasteiger partial charge in [-0.25, -0.2) is 4.98 Å². The minimum atomic E-state index is -0.0375. The third kappa shape index (κ3) is 2.73. The van der Waals surface area contributed by atoms with E-state index in [9.17, 15) is 4.79 Å². The molecule has 0 N–H and O–H groups in total. The first kappa shape index (κ1) is 14.8. The summed E-state index contributed by atoms with van der Waals surface area (Å²) in [5.74, 6) is 1.34. The maximum absolute atomic E-state index is 12.7. The molecule has 122 valence electrons. The van der Waals surface area contributed by atoms with Crippen molar-refractivity contribution >= 4 is 22.7 Å². The highest BCUT2D eigenvalue weighted by atomic mass is 16.3. The van der Waals surface area contributed by atoms with Crippen molar-refractivity contribution in [3.63, 3.8) is 0 Å². The van der Waals surface area contributed by atoms with Crippen LogP contribution in [0.4, 0.5) is 5.82 Å². The molecule has 4 rings (SSSR count). The average molecular weight is 321 g/mol. The van der Waals surface area contributed by atoms with Crippen molar-refractivity contribution in [1.82, 2.24) is 9.88 Å². The van der Waals surface area contributed by atoms with Crippen molar-refractivity contribution in [1.29, 1.82) is 0 Å². The third-order valence-corrected chi connectivity index (χ3v) is 4.43. The van der Waals surface area contributed by atoms with Gasteiger partial charge < -0.3 is 14.2 Å².